The lowest BCUT2D eigenvalue weighted by Gasteiger charge is -2.04. The molecule has 0 unspecified atom stereocenters. The summed E-state index contributed by atoms with van der Waals surface area (Å²) in [5.41, 5.74) is 2.70. The molecule has 0 aromatic carbocycles. The Morgan fingerprint density at radius 2 is 2.25 bits per heavy atom. The van der Waals surface area contributed by atoms with E-state index in [0.717, 1.165) is 12.2 Å². The van der Waals surface area contributed by atoms with Crippen molar-refractivity contribution >= 4 is 34.5 Å². The lowest BCUT2D eigenvalue weighted by molar-refractivity contribution is 0.660. The van der Waals surface area contributed by atoms with Crippen LogP contribution < -0.4 is 5.32 Å². The van der Waals surface area contributed by atoms with E-state index in [9.17, 15) is 0 Å². The van der Waals surface area contributed by atoms with Gasteiger partial charge in [0.25, 0.3) is 0 Å². The SMILES string of the molecule is Cn1c(Cl)nc(Cl)c1CNCc1cncs1. The first-order valence-electron chi connectivity index (χ1n) is 4.63. The first kappa shape index (κ1) is 11.9. The van der Waals surface area contributed by atoms with Crippen LogP contribution in [0.5, 0.6) is 0 Å². The summed E-state index contributed by atoms with van der Waals surface area (Å²) in [4.78, 5) is 9.16. The molecular weight excluding hydrogens is 267 g/mol. The van der Waals surface area contributed by atoms with Crippen LogP contribution in [0.4, 0.5) is 0 Å². The molecule has 16 heavy (non-hydrogen) atoms. The standard InChI is InChI=1S/C9H10Cl2N4S/c1-15-7(8(10)14-9(15)11)4-12-2-6-3-13-5-16-6/h3,5,12H,2,4H2,1H3. The maximum absolute atomic E-state index is 5.94. The van der Waals surface area contributed by atoms with Crippen molar-refractivity contribution in [2.45, 2.75) is 13.1 Å². The van der Waals surface area contributed by atoms with Crippen molar-refractivity contribution in [2.75, 3.05) is 0 Å². The summed E-state index contributed by atoms with van der Waals surface area (Å²) in [7, 11) is 1.84. The van der Waals surface area contributed by atoms with Crippen molar-refractivity contribution in [3.8, 4) is 0 Å². The van der Waals surface area contributed by atoms with Gasteiger partial charge in [-0.25, -0.2) is 4.98 Å². The van der Waals surface area contributed by atoms with Crippen LogP contribution in [-0.2, 0) is 20.1 Å². The minimum absolute atomic E-state index is 0.402. The molecule has 0 radical (unpaired) electrons. The van der Waals surface area contributed by atoms with Crippen molar-refractivity contribution in [3.63, 3.8) is 0 Å². The number of rotatable bonds is 4. The largest absolute Gasteiger partial charge is 0.319 e. The van der Waals surface area contributed by atoms with Crippen LogP contribution >= 0.6 is 34.5 Å². The second kappa shape index (κ2) is 5.14. The van der Waals surface area contributed by atoms with E-state index in [-0.39, 0.29) is 0 Å². The summed E-state index contributed by atoms with van der Waals surface area (Å²) in [6.07, 6.45) is 1.84. The third-order valence-corrected chi connectivity index (χ3v) is 3.61. The third kappa shape index (κ3) is 2.55. The van der Waals surface area contributed by atoms with E-state index in [1.807, 2.05) is 18.8 Å². The molecule has 2 aromatic heterocycles. The van der Waals surface area contributed by atoms with Gasteiger partial charge in [-0.2, -0.15) is 0 Å². The van der Waals surface area contributed by atoms with Gasteiger partial charge in [-0.3, -0.25) is 4.98 Å². The number of nitrogens with one attached hydrogen (secondary N) is 1. The molecule has 0 atom stereocenters. The Balaban J connectivity index is 1.95. The zero-order valence-electron chi connectivity index (χ0n) is 8.57. The number of nitrogens with zero attached hydrogens (tertiary/aromatic N) is 3. The monoisotopic (exact) mass is 276 g/mol. The molecule has 2 aromatic rings. The predicted molar refractivity (Wildman–Crippen MR) is 65.9 cm³/mol. The Bertz CT molecular complexity index is 466. The van der Waals surface area contributed by atoms with Crippen LogP contribution in [0.2, 0.25) is 10.4 Å². The number of hydrogen-bond donors (Lipinski definition) is 1. The third-order valence-electron chi connectivity index (χ3n) is 2.19. The smallest absolute Gasteiger partial charge is 0.204 e. The van der Waals surface area contributed by atoms with Gasteiger partial charge < -0.3 is 9.88 Å². The summed E-state index contributed by atoms with van der Waals surface area (Å²) in [5.74, 6) is 0. The van der Waals surface area contributed by atoms with Gasteiger partial charge in [0.05, 0.1) is 11.2 Å². The second-order valence-electron chi connectivity index (χ2n) is 3.25. The fourth-order valence-corrected chi connectivity index (χ4v) is 2.36. The Morgan fingerprint density at radius 3 is 2.81 bits per heavy atom. The molecule has 2 heterocycles. The molecule has 0 saturated carbocycles. The van der Waals surface area contributed by atoms with Crippen LogP contribution in [0, 0.1) is 0 Å². The van der Waals surface area contributed by atoms with Gasteiger partial charge in [0.15, 0.2) is 5.15 Å². The van der Waals surface area contributed by atoms with Crippen molar-refractivity contribution in [3.05, 3.63) is 32.7 Å². The van der Waals surface area contributed by atoms with Crippen molar-refractivity contribution < 1.29 is 0 Å². The Labute approximate surface area is 107 Å². The predicted octanol–water partition coefficient (Wildman–Crippen LogP) is 2.47. The molecule has 0 saturated heterocycles. The minimum Gasteiger partial charge on any atom is -0.319 e. The quantitative estimate of drug-likeness (QED) is 0.933. The Hall–Kier alpha value is -0.620. The normalized spacial score (nSPS) is 10.9. The van der Waals surface area contributed by atoms with Gasteiger partial charge in [0.2, 0.25) is 5.28 Å². The highest BCUT2D eigenvalue weighted by Gasteiger charge is 2.10. The summed E-state index contributed by atoms with van der Waals surface area (Å²) < 4.78 is 1.77. The van der Waals surface area contributed by atoms with Gasteiger partial charge in [0, 0.05) is 31.2 Å². The zero-order chi connectivity index (χ0) is 11.5. The van der Waals surface area contributed by atoms with Gasteiger partial charge in [-0.1, -0.05) is 11.6 Å². The number of hydrogen-bond acceptors (Lipinski definition) is 4. The fraction of sp³-hybridized carbons (Fsp3) is 0.333. The summed E-state index contributed by atoms with van der Waals surface area (Å²) in [5, 5.41) is 4.12. The molecule has 1 N–H and O–H groups in total. The molecule has 2 rings (SSSR count). The Morgan fingerprint density at radius 1 is 1.44 bits per heavy atom. The summed E-state index contributed by atoms with van der Waals surface area (Å²) >= 11 is 13.4. The van der Waals surface area contributed by atoms with Crippen LogP contribution in [0.25, 0.3) is 0 Å². The number of imidazole rings is 1. The molecule has 0 amide bonds. The van der Waals surface area contributed by atoms with Crippen LogP contribution in [0.1, 0.15) is 10.6 Å². The van der Waals surface area contributed by atoms with E-state index in [2.05, 4.69) is 15.3 Å². The van der Waals surface area contributed by atoms with Crippen molar-refractivity contribution in [2.24, 2.45) is 7.05 Å². The second-order valence-corrected chi connectivity index (χ2v) is 4.92. The highest BCUT2D eigenvalue weighted by atomic mass is 35.5. The van der Waals surface area contributed by atoms with Crippen LogP contribution in [-0.4, -0.2) is 14.5 Å². The molecule has 0 spiro atoms. The number of halogens is 2. The molecule has 86 valence electrons. The zero-order valence-corrected chi connectivity index (χ0v) is 10.9. The van der Waals surface area contributed by atoms with E-state index in [4.69, 9.17) is 23.2 Å². The van der Waals surface area contributed by atoms with Crippen molar-refractivity contribution in [1.29, 1.82) is 0 Å². The fourth-order valence-electron chi connectivity index (χ4n) is 1.30. The lowest BCUT2D eigenvalue weighted by Crippen LogP contribution is -2.14. The van der Waals surface area contributed by atoms with Crippen LogP contribution in [0.15, 0.2) is 11.7 Å². The molecule has 0 aliphatic heterocycles. The number of aromatic nitrogens is 3. The molecule has 0 aliphatic rings. The average molecular weight is 277 g/mol. The highest BCUT2D eigenvalue weighted by Crippen LogP contribution is 2.19. The first-order valence-corrected chi connectivity index (χ1v) is 6.26. The molecule has 0 bridgehead atoms. The van der Waals surface area contributed by atoms with E-state index in [0.29, 0.717) is 17.0 Å². The highest BCUT2D eigenvalue weighted by molar-refractivity contribution is 7.09. The lowest BCUT2D eigenvalue weighted by atomic mass is 10.4. The maximum atomic E-state index is 5.94. The van der Waals surface area contributed by atoms with Gasteiger partial charge in [-0.15, -0.1) is 11.3 Å². The van der Waals surface area contributed by atoms with Gasteiger partial charge in [0.1, 0.15) is 0 Å². The van der Waals surface area contributed by atoms with E-state index >= 15 is 0 Å². The van der Waals surface area contributed by atoms with Crippen LogP contribution in [0.3, 0.4) is 0 Å². The summed E-state index contributed by atoms with van der Waals surface area (Å²) in [6, 6.07) is 0. The molecule has 4 nitrogen and oxygen atoms in total. The molecule has 0 fully saturated rings. The molecule has 7 heteroatoms. The maximum Gasteiger partial charge on any atom is 0.204 e. The van der Waals surface area contributed by atoms with E-state index in [1.54, 1.807) is 15.9 Å². The van der Waals surface area contributed by atoms with Gasteiger partial charge >= 0.3 is 0 Å². The molecular formula is C9H10Cl2N4S. The first-order chi connectivity index (χ1) is 7.68. The Kier molecular flexibility index (Phi) is 3.81. The number of thiazole rings is 1. The molecule has 0 aliphatic carbocycles. The van der Waals surface area contributed by atoms with E-state index in [1.165, 1.54) is 4.88 Å². The van der Waals surface area contributed by atoms with E-state index < -0.39 is 0 Å². The van der Waals surface area contributed by atoms with Gasteiger partial charge in [-0.05, 0) is 11.6 Å². The summed E-state index contributed by atoms with van der Waals surface area (Å²) in [6.45, 7) is 1.40. The topological polar surface area (TPSA) is 42.7 Å². The minimum atomic E-state index is 0.402. The van der Waals surface area contributed by atoms with Crippen molar-refractivity contribution in [1.82, 2.24) is 19.9 Å². The average Bonchev–Trinajstić information content (AvgIpc) is 2.82.